The van der Waals surface area contributed by atoms with Crippen LogP contribution in [0.15, 0.2) is 30.3 Å². The van der Waals surface area contributed by atoms with Crippen LogP contribution >= 0.6 is 11.3 Å². The largest absolute Gasteiger partial charge is 0.486 e. The van der Waals surface area contributed by atoms with Crippen LogP contribution < -0.4 is 20.1 Å². The summed E-state index contributed by atoms with van der Waals surface area (Å²) in [5.74, 6) is -0.316. The van der Waals surface area contributed by atoms with E-state index in [1.165, 1.54) is 0 Å². The molecule has 0 spiro atoms. The van der Waals surface area contributed by atoms with Gasteiger partial charge in [-0.05, 0) is 31.2 Å². The molecule has 2 N–H and O–H groups in total. The Balaban J connectivity index is 1.55. The first-order chi connectivity index (χ1) is 12.6. The maximum Gasteiger partial charge on any atom is 0.313 e. The van der Waals surface area contributed by atoms with Crippen LogP contribution in [0.2, 0.25) is 0 Å². The lowest BCUT2D eigenvalue weighted by molar-refractivity contribution is -0.136. The molecule has 8 heteroatoms. The van der Waals surface area contributed by atoms with Crippen molar-refractivity contribution in [1.82, 2.24) is 5.32 Å². The fourth-order valence-corrected chi connectivity index (χ4v) is 3.46. The Labute approximate surface area is 155 Å². The molecule has 3 rings (SSSR count). The number of carbonyl (C=O) groups excluding carboxylic acids is 2. The van der Waals surface area contributed by atoms with Gasteiger partial charge in [0.1, 0.15) is 19.3 Å². The van der Waals surface area contributed by atoms with Gasteiger partial charge in [0.2, 0.25) is 0 Å². The minimum absolute atomic E-state index is 0.212. The summed E-state index contributed by atoms with van der Waals surface area (Å²) in [4.78, 5) is 26.3. The second-order valence-electron chi connectivity index (χ2n) is 5.70. The van der Waals surface area contributed by atoms with Gasteiger partial charge >= 0.3 is 11.8 Å². The van der Waals surface area contributed by atoms with Crippen molar-refractivity contribution < 1.29 is 23.8 Å². The molecule has 0 saturated carbocycles. The van der Waals surface area contributed by atoms with Gasteiger partial charge in [0.15, 0.2) is 11.5 Å². The third-order valence-electron chi connectivity index (χ3n) is 3.82. The molecular formula is C18H20N2O5S. The zero-order valence-corrected chi connectivity index (χ0v) is 15.4. The highest BCUT2D eigenvalue weighted by molar-refractivity contribution is 7.12. The number of anilines is 1. The van der Waals surface area contributed by atoms with Crippen molar-refractivity contribution in [3.8, 4) is 11.5 Å². The normalized spacial score (nSPS) is 13.8. The second kappa shape index (κ2) is 8.20. The third-order valence-corrected chi connectivity index (χ3v) is 4.91. The first-order valence-electron chi connectivity index (χ1n) is 8.15. The molecule has 0 radical (unpaired) electrons. The van der Waals surface area contributed by atoms with Crippen molar-refractivity contribution in [2.75, 3.05) is 32.2 Å². The summed E-state index contributed by atoms with van der Waals surface area (Å²) in [6.07, 6.45) is -0.292. The number of benzene rings is 1. The summed E-state index contributed by atoms with van der Waals surface area (Å²) < 4.78 is 16.3. The van der Waals surface area contributed by atoms with Gasteiger partial charge in [-0.3, -0.25) is 9.59 Å². The van der Waals surface area contributed by atoms with Crippen molar-refractivity contribution in [2.24, 2.45) is 0 Å². The van der Waals surface area contributed by atoms with Crippen LogP contribution in [-0.2, 0) is 14.3 Å². The van der Waals surface area contributed by atoms with Crippen molar-refractivity contribution in [1.29, 1.82) is 0 Å². The van der Waals surface area contributed by atoms with E-state index in [-0.39, 0.29) is 12.6 Å². The summed E-state index contributed by atoms with van der Waals surface area (Å²) in [5, 5.41) is 5.15. The minimum atomic E-state index is -0.751. The van der Waals surface area contributed by atoms with Gasteiger partial charge < -0.3 is 24.8 Å². The fourth-order valence-electron chi connectivity index (χ4n) is 2.50. The van der Waals surface area contributed by atoms with E-state index < -0.39 is 11.8 Å². The van der Waals surface area contributed by atoms with Crippen LogP contribution in [0, 0.1) is 6.92 Å². The summed E-state index contributed by atoms with van der Waals surface area (Å²) >= 11 is 1.59. The number of fused-ring (bicyclic) bond motifs is 1. The van der Waals surface area contributed by atoms with E-state index in [9.17, 15) is 9.59 Å². The number of thiophene rings is 1. The van der Waals surface area contributed by atoms with E-state index >= 15 is 0 Å². The number of hydrogen-bond acceptors (Lipinski definition) is 6. The number of hydrogen-bond donors (Lipinski definition) is 2. The molecule has 1 aliphatic heterocycles. The molecule has 1 aliphatic rings. The maximum atomic E-state index is 12.1. The fraction of sp³-hybridized carbons (Fsp3) is 0.333. The predicted octanol–water partition coefficient (Wildman–Crippen LogP) is 2.27. The molecule has 7 nitrogen and oxygen atoms in total. The molecule has 26 heavy (non-hydrogen) atoms. The summed E-state index contributed by atoms with van der Waals surface area (Å²) in [5.41, 5.74) is 0.464. The lowest BCUT2D eigenvalue weighted by Crippen LogP contribution is -2.37. The Bertz CT molecular complexity index is 805. The van der Waals surface area contributed by atoms with Gasteiger partial charge in [0, 0.05) is 35.2 Å². The number of methoxy groups -OCH3 is 1. The van der Waals surface area contributed by atoms with Crippen LogP contribution in [0.1, 0.15) is 15.9 Å². The summed E-state index contributed by atoms with van der Waals surface area (Å²) in [6, 6.07) is 8.93. The van der Waals surface area contributed by atoms with Crippen LogP contribution in [0.4, 0.5) is 5.69 Å². The number of amides is 2. The minimum Gasteiger partial charge on any atom is -0.486 e. The standard InChI is InChI=1S/C18H20N2O5S/c1-11-3-6-16(26-11)15(23-2)10-19-17(21)18(22)20-12-4-5-13-14(9-12)25-8-7-24-13/h3-6,9,15H,7-8,10H2,1-2H3,(H,19,21)(H,20,22). The van der Waals surface area contributed by atoms with Crippen molar-refractivity contribution in [3.05, 3.63) is 40.1 Å². The lowest BCUT2D eigenvalue weighted by atomic mass is 10.2. The van der Waals surface area contributed by atoms with E-state index in [4.69, 9.17) is 14.2 Å². The van der Waals surface area contributed by atoms with Gasteiger partial charge in [-0.25, -0.2) is 0 Å². The molecule has 0 fully saturated rings. The number of rotatable bonds is 5. The Morgan fingerprint density at radius 3 is 2.62 bits per heavy atom. The van der Waals surface area contributed by atoms with Crippen LogP contribution in [0.5, 0.6) is 11.5 Å². The Hall–Kier alpha value is -2.58. The highest BCUT2D eigenvalue weighted by Gasteiger charge is 2.19. The molecular weight excluding hydrogens is 356 g/mol. The molecule has 138 valence electrons. The zero-order chi connectivity index (χ0) is 18.5. The first-order valence-corrected chi connectivity index (χ1v) is 8.96. The first kappa shape index (κ1) is 18.2. The van der Waals surface area contributed by atoms with E-state index in [1.54, 1.807) is 36.6 Å². The van der Waals surface area contributed by atoms with E-state index in [0.717, 1.165) is 9.75 Å². The highest BCUT2D eigenvalue weighted by atomic mass is 32.1. The van der Waals surface area contributed by atoms with Gasteiger partial charge in [0.25, 0.3) is 0 Å². The van der Waals surface area contributed by atoms with E-state index in [2.05, 4.69) is 10.6 Å². The van der Waals surface area contributed by atoms with Gasteiger partial charge in [-0.15, -0.1) is 11.3 Å². The molecule has 0 aliphatic carbocycles. The quantitative estimate of drug-likeness (QED) is 0.782. The molecule has 1 aromatic heterocycles. The molecule has 1 unspecified atom stereocenters. The maximum absolute atomic E-state index is 12.1. The van der Waals surface area contributed by atoms with E-state index in [0.29, 0.717) is 30.4 Å². The SMILES string of the molecule is COC(CNC(=O)C(=O)Nc1ccc2c(c1)OCCO2)c1ccc(C)s1. The van der Waals surface area contributed by atoms with Crippen molar-refractivity contribution in [2.45, 2.75) is 13.0 Å². The van der Waals surface area contributed by atoms with Crippen molar-refractivity contribution in [3.63, 3.8) is 0 Å². The number of carbonyl (C=O) groups is 2. The number of nitrogens with one attached hydrogen (secondary N) is 2. The smallest absolute Gasteiger partial charge is 0.313 e. The highest BCUT2D eigenvalue weighted by Crippen LogP contribution is 2.32. The Morgan fingerprint density at radius 1 is 1.15 bits per heavy atom. The van der Waals surface area contributed by atoms with Crippen molar-refractivity contribution >= 4 is 28.8 Å². The number of aryl methyl sites for hydroxylation is 1. The molecule has 1 atom stereocenters. The van der Waals surface area contributed by atoms with Gasteiger partial charge in [0.05, 0.1) is 0 Å². The lowest BCUT2D eigenvalue weighted by Gasteiger charge is -2.19. The Morgan fingerprint density at radius 2 is 1.92 bits per heavy atom. The van der Waals surface area contributed by atoms with E-state index in [1.807, 2.05) is 19.1 Å². The summed E-state index contributed by atoms with van der Waals surface area (Å²) in [7, 11) is 1.57. The topological polar surface area (TPSA) is 85.9 Å². The molecule has 0 saturated heterocycles. The molecule has 0 bridgehead atoms. The number of ether oxygens (including phenoxy) is 3. The monoisotopic (exact) mass is 376 g/mol. The van der Waals surface area contributed by atoms with Crippen LogP contribution in [0.25, 0.3) is 0 Å². The summed E-state index contributed by atoms with van der Waals surface area (Å²) in [6.45, 7) is 3.15. The molecule has 2 amide bonds. The van der Waals surface area contributed by atoms with Gasteiger partial charge in [-0.2, -0.15) is 0 Å². The predicted molar refractivity (Wildman–Crippen MR) is 97.9 cm³/mol. The van der Waals surface area contributed by atoms with Crippen LogP contribution in [0.3, 0.4) is 0 Å². The Kier molecular flexibility index (Phi) is 5.75. The third kappa shape index (κ3) is 4.33. The average molecular weight is 376 g/mol. The average Bonchev–Trinajstić information content (AvgIpc) is 3.08. The molecule has 1 aromatic carbocycles. The van der Waals surface area contributed by atoms with Gasteiger partial charge in [-0.1, -0.05) is 0 Å². The zero-order valence-electron chi connectivity index (χ0n) is 14.5. The molecule has 2 aromatic rings. The second-order valence-corrected chi connectivity index (χ2v) is 7.01. The van der Waals surface area contributed by atoms with Crippen LogP contribution in [-0.4, -0.2) is 38.7 Å². The molecule has 2 heterocycles.